The molecule has 0 heterocycles. The Balaban J connectivity index is 2.14. The topological polar surface area (TPSA) is 64.9 Å². The van der Waals surface area contributed by atoms with Crippen molar-refractivity contribution in [2.45, 2.75) is 13.3 Å². The van der Waals surface area contributed by atoms with Crippen molar-refractivity contribution >= 4 is 17.3 Å². The van der Waals surface area contributed by atoms with E-state index in [4.69, 9.17) is 0 Å². The number of amides is 1. The summed E-state index contributed by atoms with van der Waals surface area (Å²) in [6.07, 6.45) is 0.595. The van der Waals surface area contributed by atoms with Crippen LogP contribution >= 0.6 is 0 Å². The van der Waals surface area contributed by atoms with Crippen molar-refractivity contribution in [1.29, 1.82) is 0 Å². The van der Waals surface area contributed by atoms with Crippen LogP contribution < -0.4 is 10.3 Å². The van der Waals surface area contributed by atoms with Gasteiger partial charge < -0.3 is 10.0 Å². The molecule has 0 aromatic heterocycles. The SMILES string of the molecule is CCC(=NNC(=O)c1ccc(N(C)C)cc1)c1ccccc1O. The maximum absolute atomic E-state index is 12.2. The number of nitrogens with zero attached hydrogens (tertiary/aromatic N) is 2. The van der Waals surface area contributed by atoms with E-state index >= 15 is 0 Å². The standard InChI is InChI=1S/C18H21N3O2/c1-4-16(15-7-5-6-8-17(15)22)19-20-18(23)13-9-11-14(12-10-13)21(2)3/h5-12,22H,4H2,1-3H3,(H,20,23). The Morgan fingerprint density at radius 2 is 1.78 bits per heavy atom. The molecule has 2 N–H and O–H groups in total. The molecule has 0 atom stereocenters. The number of carbonyl (C=O) groups is 1. The lowest BCUT2D eigenvalue weighted by Crippen LogP contribution is -2.20. The molecule has 23 heavy (non-hydrogen) atoms. The highest BCUT2D eigenvalue weighted by Gasteiger charge is 2.09. The van der Waals surface area contributed by atoms with Crippen molar-refractivity contribution in [3.05, 3.63) is 59.7 Å². The number of carbonyl (C=O) groups excluding carboxylic acids is 1. The second kappa shape index (κ2) is 7.45. The molecule has 1 amide bonds. The summed E-state index contributed by atoms with van der Waals surface area (Å²) >= 11 is 0. The van der Waals surface area contributed by atoms with E-state index in [9.17, 15) is 9.90 Å². The maximum atomic E-state index is 12.2. The molecular weight excluding hydrogens is 290 g/mol. The number of phenolic OH excluding ortho intramolecular Hbond substituents is 1. The number of phenols is 1. The van der Waals surface area contributed by atoms with Crippen molar-refractivity contribution in [1.82, 2.24) is 5.43 Å². The Kier molecular flexibility index (Phi) is 5.36. The van der Waals surface area contributed by atoms with Crippen LogP contribution in [-0.2, 0) is 0 Å². The average molecular weight is 311 g/mol. The fraction of sp³-hybridized carbons (Fsp3) is 0.222. The van der Waals surface area contributed by atoms with E-state index in [1.807, 2.05) is 44.1 Å². The minimum Gasteiger partial charge on any atom is -0.507 e. The van der Waals surface area contributed by atoms with Crippen LogP contribution in [0.5, 0.6) is 5.75 Å². The molecule has 0 aliphatic carbocycles. The molecule has 2 aromatic rings. The predicted molar refractivity (Wildman–Crippen MR) is 93.2 cm³/mol. The van der Waals surface area contributed by atoms with Gasteiger partial charge in [0.05, 0.1) is 5.71 Å². The monoisotopic (exact) mass is 311 g/mol. The molecule has 0 aliphatic heterocycles. The third-order valence-corrected chi connectivity index (χ3v) is 3.49. The highest BCUT2D eigenvalue weighted by Crippen LogP contribution is 2.18. The second-order valence-electron chi connectivity index (χ2n) is 5.31. The number of anilines is 1. The molecule has 5 heteroatoms. The predicted octanol–water partition coefficient (Wildman–Crippen LogP) is 3.00. The Labute approximate surface area is 136 Å². The van der Waals surface area contributed by atoms with Crippen LogP contribution in [0.25, 0.3) is 0 Å². The lowest BCUT2D eigenvalue weighted by atomic mass is 10.1. The molecule has 0 bridgehead atoms. The number of hydrogen-bond acceptors (Lipinski definition) is 4. The zero-order chi connectivity index (χ0) is 16.8. The molecular formula is C18H21N3O2. The fourth-order valence-corrected chi connectivity index (χ4v) is 2.14. The Morgan fingerprint density at radius 3 is 2.35 bits per heavy atom. The van der Waals surface area contributed by atoms with E-state index in [0.29, 0.717) is 23.3 Å². The van der Waals surface area contributed by atoms with Crippen molar-refractivity contribution in [2.75, 3.05) is 19.0 Å². The van der Waals surface area contributed by atoms with Gasteiger partial charge in [-0.3, -0.25) is 4.79 Å². The molecule has 120 valence electrons. The third kappa shape index (κ3) is 4.10. The summed E-state index contributed by atoms with van der Waals surface area (Å²) in [6.45, 7) is 1.92. The van der Waals surface area contributed by atoms with Crippen molar-refractivity contribution in [3.8, 4) is 5.75 Å². The van der Waals surface area contributed by atoms with Gasteiger partial charge in [0.2, 0.25) is 0 Å². The third-order valence-electron chi connectivity index (χ3n) is 3.49. The zero-order valence-corrected chi connectivity index (χ0v) is 13.6. The first-order chi connectivity index (χ1) is 11.0. The summed E-state index contributed by atoms with van der Waals surface area (Å²) in [4.78, 5) is 14.1. The van der Waals surface area contributed by atoms with E-state index in [-0.39, 0.29) is 11.7 Å². The molecule has 0 aliphatic rings. The Morgan fingerprint density at radius 1 is 1.13 bits per heavy atom. The number of benzene rings is 2. The van der Waals surface area contributed by atoms with Crippen LogP contribution in [-0.4, -0.2) is 30.8 Å². The van der Waals surface area contributed by atoms with Gasteiger partial charge >= 0.3 is 0 Å². The van der Waals surface area contributed by atoms with Gasteiger partial charge in [-0.05, 0) is 42.8 Å². The van der Waals surface area contributed by atoms with Crippen LogP contribution in [0.3, 0.4) is 0 Å². The van der Waals surface area contributed by atoms with Gasteiger partial charge in [-0.2, -0.15) is 5.10 Å². The summed E-state index contributed by atoms with van der Waals surface area (Å²) < 4.78 is 0. The molecule has 0 fully saturated rings. The highest BCUT2D eigenvalue weighted by atomic mass is 16.3. The zero-order valence-electron chi connectivity index (χ0n) is 13.6. The van der Waals surface area contributed by atoms with Gasteiger partial charge in [0, 0.05) is 30.9 Å². The van der Waals surface area contributed by atoms with E-state index < -0.39 is 0 Å². The number of aromatic hydroxyl groups is 1. The molecule has 2 aromatic carbocycles. The molecule has 0 unspecified atom stereocenters. The summed E-state index contributed by atoms with van der Waals surface area (Å²) in [5.41, 5.74) is 5.35. The quantitative estimate of drug-likeness (QED) is 0.659. The Hall–Kier alpha value is -2.82. The van der Waals surface area contributed by atoms with Crippen LogP contribution in [0.2, 0.25) is 0 Å². The number of rotatable bonds is 5. The van der Waals surface area contributed by atoms with Crippen molar-refractivity contribution in [3.63, 3.8) is 0 Å². The van der Waals surface area contributed by atoms with Crippen molar-refractivity contribution < 1.29 is 9.90 Å². The van der Waals surface area contributed by atoms with E-state index in [1.54, 1.807) is 30.3 Å². The molecule has 0 saturated heterocycles. The van der Waals surface area contributed by atoms with Crippen LogP contribution in [0, 0.1) is 0 Å². The van der Waals surface area contributed by atoms with Crippen LogP contribution in [0.15, 0.2) is 53.6 Å². The van der Waals surface area contributed by atoms with Gasteiger partial charge in [-0.15, -0.1) is 0 Å². The minimum absolute atomic E-state index is 0.151. The number of hydrogen-bond donors (Lipinski definition) is 2. The molecule has 5 nitrogen and oxygen atoms in total. The number of hydrazone groups is 1. The van der Waals surface area contributed by atoms with E-state index in [0.717, 1.165) is 5.69 Å². The maximum Gasteiger partial charge on any atom is 0.271 e. The average Bonchev–Trinajstić information content (AvgIpc) is 2.56. The highest BCUT2D eigenvalue weighted by molar-refractivity contribution is 6.04. The van der Waals surface area contributed by atoms with Gasteiger partial charge in [0.25, 0.3) is 5.91 Å². The molecule has 0 radical (unpaired) electrons. The van der Waals surface area contributed by atoms with E-state index in [2.05, 4.69) is 10.5 Å². The summed E-state index contributed by atoms with van der Waals surface area (Å²) in [5.74, 6) is -0.130. The minimum atomic E-state index is -0.281. The van der Waals surface area contributed by atoms with Crippen molar-refractivity contribution in [2.24, 2.45) is 5.10 Å². The molecule has 0 saturated carbocycles. The van der Waals surface area contributed by atoms with E-state index in [1.165, 1.54) is 0 Å². The first-order valence-electron chi connectivity index (χ1n) is 7.45. The Bertz CT molecular complexity index is 706. The summed E-state index contributed by atoms with van der Waals surface area (Å²) in [7, 11) is 3.89. The lowest BCUT2D eigenvalue weighted by molar-refractivity contribution is 0.0955. The number of para-hydroxylation sites is 1. The molecule has 0 spiro atoms. The lowest BCUT2D eigenvalue weighted by Gasteiger charge is -2.12. The smallest absolute Gasteiger partial charge is 0.271 e. The number of nitrogens with one attached hydrogen (secondary N) is 1. The summed E-state index contributed by atoms with van der Waals surface area (Å²) in [5, 5.41) is 14.0. The first-order valence-corrected chi connectivity index (χ1v) is 7.45. The largest absolute Gasteiger partial charge is 0.507 e. The van der Waals surface area contributed by atoms with Gasteiger partial charge in [0.15, 0.2) is 0 Å². The normalized spacial score (nSPS) is 11.2. The second-order valence-corrected chi connectivity index (χ2v) is 5.31. The van der Waals surface area contributed by atoms with Gasteiger partial charge in [-0.25, -0.2) is 5.43 Å². The summed E-state index contributed by atoms with van der Waals surface area (Å²) in [6, 6.07) is 14.2. The van der Waals surface area contributed by atoms with Gasteiger partial charge in [-0.1, -0.05) is 19.1 Å². The first kappa shape index (κ1) is 16.5. The van der Waals surface area contributed by atoms with Gasteiger partial charge in [0.1, 0.15) is 5.75 Å². The van der Waals surface area contributed by atoms with Crippen LogP contribution in [0.4, 0.5) is 5.69 Å². The fourth-order valence-electron chi connectivity index (χ4n) is 2.14. The molecule has 2 rings (SSSR count). The van der Waals surface area contributed by atoms with Crippen LogP contribution in [0.1, 0.15) is 29.3 Å².